The Balaban J connectivity index is 1.37. The standard InChI is InChI=1S/C20H28F3N3O4S2/c21-17-11-19(23)18(22)9-12(17)10-20(24)13-7-14-1-2-15(8-13)26(14)31(27,28)6-5-25-32(29,30)16-3-4-16/h9,11,13-16,20,25H,1-8,10,24H2/t13?,14-,15+,20-/m1/s1. The smallest absolute Gasteiger partial charge is 0.215 e. The fourth-order valence-corrected chi connectivity index (χ4v) is 8.41. The third kappa shape index (κ3) is 4.98. The van der Waals surface area contributed by atoms with Gasteiger partial charge in [-0.2, -0.15) is 4.31 Å². The number of nitrogens with one attached hydrogen (secondary N) is 1. The number of halogens is 3. The van der Waals surface area contributed by atoms with E-state index in [1.54, 1.807) is 0 Å². The van der Waals surface area contributed by atoms with E-state index in [4.69, 9.17) is 5.73 Å². The average Bonchev–Trinajstić information content (AvgIpc) is 3.52. The first-order valence-electron chi connectivity index (χ1n) is 10.9. The fraction of sp³-hybridized carbons (Fsp3) is 0.700. The van der Waals surface area contributed by atoms with Crippen molar-refractivity contribution >= 4 is 20.0 Å². The predicted molar refractivity (Wildman–Crippen MR) is 113 cm³/mol. The number of hydrogen-bond donors (Lipinski definition) is 2. The number of rotatable bonds is 9. The van der Waals surface area contributed by atoms with Crippen LogP contribution in [-0.2, 0) is 26.5 Å². The summed E-state index contributed by atoms with van der Waals surface area (Å²) in [5.74, 6) is -3.62. The lowest BCUT2D eigenvalue weighted by molar-refractivity contribution is 0.170. The molecule has 0 radical (unpaired) electrons. The molecule has 2 heterocycles. The molecule has 0 aromatic heterocycles. The van der Waals surface area contributed by atoms with Gasteiger partial charge in [-0.15, -0.1) is 0 Å². The molecule has 1 aromatic carbocycles. The van der Waals surface area contributed by atoms with Crippen molar-refractivity contribution in [1.29, 1.82) is 0 Å². The van der Waals surface area contributed by atoms with Gasteiger partial charge in [0.1, 0.15) is 5.82 Å². The van der Waals surface area contributed by atoms with E-state index in [-0.39, 0.29) is 42.3 Å². The number of nitrogens with two attached hydrogens (primary N) is 1. The van der Waals surface area contributed by atoms with Gasteiger partial charge in [0.2, 0.25) is 20.0 Å². The molecule has 32 heavy (non-hydrogen) atoms. The van der Waals surface area contributed by atoms with E-state index in [2.05, 4.69) is 4.72 Å². The van der Waals surface area contributed by atoms with E-state index in [1.165, 1.54) is 4.31 Å². The highest BCUT2D eigenvalue weighted by molar-refractivity contribution is 7.90. The molecular weight excluding hydrogens is 467 g/mol. The molecule has 3 N–H and O–H groups in total. The maximum atomic E-state index is 14.0. The minimum absolute atomic E-state index is 0.00162. The molecule has 2 aliphatic heterocycles. The summed E-state index contributed by atoms with van der Waals surface area (Å²) in [6.07, 6.45) is 3.60. The van der Waals surface area contributed by atoms with Gasteiger partial charge in [0, 0.05) is 30.7 Å². The van der Waals surface area contributed by atoms with Gasteiger partial charge >= 0.3 is 0 Å². The van der Waals surface area contributed by atoms with Gasteiger partial charge in [-0.25, -0.2) is 34.7 Å². The molecule has 2 saturated heterocycles. The van der Waals surface area contributed by atoms with Crippen molar-refractivity contribution < 1.29 is 30.0 Å². The molecule has 3 aliphatic rings. The number of piperidine rings is 1. The van der Waals surface area contributed by atoms with Gasteiger partial charge in [-0.05, 0) is 62.5 Å². The number of hydrogen-bond acceptors (Lipinski definition) is 5. The summed E-state index contributed by atoms with van der Waals surface area (Å²) in [7, 11) is -7.10. The molecule has 4 atom stereocenters. The summed E-state index contributed by atoms with van der Waals surface area (Å²) in [6, 6.07) is 0.316. The monoisotopic (exact) mass is 495 g/mol. The second-order valence-electron chi connectivity index (χ2n) is 9.13. The van der Waals surface area contributed by atoms with Crippen molar-refractivity contribution in [3.05, 3.63) is 35.1 Å². The van der Waals surface area contributed by atoms with Crippen LogP contribution in [0.4, 0.5) is 13.2 Å². The summed E-state index contributed by atoms with van der Waals surface area (Å²) < 4.78 is 94.3. The molecule has 7 nitrogen and oxygen atoms in total. The molecule has 1 aliphatic carbocycles. The van der Waals surface area contributed by atoms with E-state index in [1.807, 2.05) is 0 Å². The number of sulfonamides is 2. The normalized spacial score (nSPS) is 27.6. The lowest BCUT2D eigenvalue weighted by Crippen LogP contribution is -2.51. The largest absolute Gasteiger partial charge is 0.327 e. The van der Waals surface area contributed by atoms with E-state index in [0.717, 1.165) is 6.07 Å². The highest BCUT2D eigenvalue weighted by Gasteiger charge is 2.47. The molecule has 4 rings (SSSR count). The third-order valence-electron chi connectivity index (χ3n) is 6.80. The zero-order chi connectivity index (χ0) is 23.3. The molecule has 1 unspecified atom stereocenters. The van der Waals surface area contributed by atoms with Crippen molar-refractivity contribution in [3.8, 4) is 0 Å². The molecule has 0 spiro atoms. The van der Waals surface area contributed by atoms with Crippen molar-refractivity contribution in [2.24, 2.45) is 11.7 Å². The van der Waals surface area contributed by atoms with Crippen LogP contribution < -0.4 is 10.5 Å². The van der Waals surface area contributed by atoms with Crippen molar-refractivity contribution in [2.75, 3.05) is 12.3 Å². The average molecular weight is 496 g/mol. The Labute approximate surface area is 186 Å². The topological polar surface area (TPSA) is 110 Å². The quantitative estimate of drug-likeness (QED) is 0.506. The van der Waals surface area contributed by atoms with Crippen molar-refractivity contribution in [2.45, 2.75) is 68.3 Å². The van der Waals surface area contributed by atoms with Crippen molar-refractivity contribution in [1.82, 2.24) is 9.03 Å². The minimum atomic E-state index is -3.66. The SMILES string of the molecule is N[C@H](Cc1cc(F)c(F)cc1F)C1C[C@H]2CC[C@@H](C1)N2S(=O)(=O)CCNS(=O)(=O)C1CC1. The van der Waals surface area contributed by atoms with Gasteiger partial charge < -0.3 is 5.73 Å². The molecule has 2 bridgehead atoms. The summed E-state index contributed by atoms with van der Waals surface area (Å²) >= 11 is 0. The van der Waals surface area contributed by atoms with Crippen LogP contribution in [0.5, 0.6) is 0 Å². The zero-order valence-electron chi connectivity index (χ0n) is 17.5. The highest BCUT2D eigenvalue weighted by atomic mass is 32.2. The van der Waals surface area contributed by atoms with Crippen LogP contribution >= 0.6 is 0 Å². The predicted octanol–water partition coefficient (Wildman–Crippen LogP) is 1.63. The van der Waals surface area contributed by atoms with Crippen LogP contribution in [0.1, 0.15) is 44.1 Å². The summed E-state index contributed by atoms with van der Waals surface area (Å²) in [6.45, 7) is -0.157. The van der Waals surface area contributed by atoms with Gasteiger partial charge in [0.15, 0.2) is 11.6 Å². The Bertz CT molecular complexity index is 1070. The Hall–Kier alpha value is -1.21. The molecule has 12 heteroatoms. The fourth-order valence-electron chi connectivity index (χ4n) is 5.04. The Morgan fingerprint density at radius 1 is 0.969 bits per heavy atom. The van der Waals surface area contributed by atoms with Crippen molar-refractivity contribution in [3.63, 3.8) is 0 Å². The lowest BCUT2D eigenvalue weighted by atomic mass is 9.83. The summed E-state index contributed by atoms with van der Waals surface area (Å²) in [4.78, 5) is 0. The van der Waals surface area contributed by atoms with Gasteiger partial charge in [-0.3, -0.25) is 0 Å². The maximum Gasteiger partial charge on any atom is 0.215 e. The number of nitrogens with zero attached hydrogens (tertiary/aromatic N) is 1. The Morgan fingerprint density at radius 3 is 2.16 bits per heavy atom. The molecule has 0 amide bonds. The third-order valence-corrected chi connectivity index (χ3v) is 10.7. The first kappa shape index (κ1) is 23.9. The molecule has 1 aromatic rings. The van der Waals surface area contributed by atoms with Gasteiger partial charge in [-0.1, -0.05) is 0 Å². The summed E-state index contributed by atoms with van der Waals surface area (Å²) in [5, 5.41) is -0.405. The zero-order valence-corrected chi connectivity index (χ0v) is 19.1. The first-order chi connectivity index (χ1) is 15.0. The second kappa shape index (κ2) is 8.86. The van der Waals surface area contributed by atoms with Gasteiger partial charge in [0.25, 0.3) is 0 Å². The number of benzene rings is 1. The molecule has 3 fully saturated rings. The van der Waals surface area contributed by atoms with E-state index < -0.39 is 48.8 Å². The summed E-state index contributed by atoms with van der Waals surface area (Å²) in [5.41, 5.74) is 6.28. The van der Waals surface area contributed by atoms with Crippen LogP contribution in [0.2, 0.25) is 0 Å². The molecule has 1 saturated carbocycles. The van der Waals surface area contributed by atoms with E-state index in [9.17, 15) is 30.0 Å². The molecular formula is C20H28F3N3O4S2. The first-order valence-corrected chi connectivity index (χ1v) is 14.0. The van der Waals surface area contributed by atoms with Gasteiger partial charge in [0.05, 0.1) is 11.0 Å². The van der Waals surface area contributed by atoms with Crippen LogP contribution in [0, 0.1) is 23.4 Å². The van der Waals surface area contributed by atoms with Crippen LogP contribution in [0.15, 0.2) is 12.1 Å². The maximum absolute atomic E-state index is 14.0. The second-order valence-corrected chi connectivity index (χ2v) is 13.2. The molecule has 180 valence electrons. The van der Waals surface area contributed by atoms with E-state index >= 15 is 0 Å². The minimum Gasteiger partial charge on any atom is -0.327 e. The van der Waals surface area contributed by atoms with Crippen LogP contribution in [0.25, 0.3) is 0 Å². The van der Waals surface area contributed by atoms with E-state index in [0.29, 0.717) is 44.6 Å². The Kier molecular flexibility index (Phi) is 6.63. The number of fused-ring (bicyclic) bond motifs is 2. The highest BCUT2D eigenvalue weighted by Crippen LogP contribution is 2.42. The van der Waals surface area contributed by atoms with Crippen LogP contribution in [-0.4, -0.2) is 56.8 Å². The Morgan fingerprint density at radius 2 is 1.56 bits per heavy atom. The lowest BCUT2D eigenvalue weighted by Gasteiger charge is -2.40. The van der Waals surface area contributed by atoms with Crippen LogP contribution in [0.3, 0.4) is 0 Å².